The first-order valence-electron chi connectivity index (χ1n) is 11.3. The van der Waals surface area contributed by atoms with E-state index in [1.165, 1.54) is 33.5 Å². The molecule has 1 atom stereocenters. The molecule has 0 bridgehead atoms. The second-order valence-electron chi connectivity index (χ2n) is 7.92. The minimum absolute atomic E-state index is 0.0869. The van der Waals surface area contributed by atoms with Gasteiger partial charge in [-0.15, -0.1) is 11.8 Å². The number of hydrogen-bond acceptors (Lipinski definition) is 5. The van der Waals surface area contributed by atoms with Gasteiger partial charge in [0.05, 0.1) is 0 Å². The van der Waals surface area contributed by atoms with Gasteiger partial charge in [-0.2, -0.15) is 0 Å². The minimum Gasteiger partial charge on any atom is -0.381 e. The molecule has 1 aromatic carbocycles. The van der Waals surface area contributed by atoms with Crippen molar-refractivity contribution in [3.05, 3.63) is 79.1 Å². The number of hydrogen-bond donors (Lipinski definition) is 2. The van der Waals surface area contributed by atoms with Crippen LogP contribution in [-0.4, -0.2) is 18.3 Å². The molecular weight excluding hydrogens is 432 g/mol. The molecule has 0 saturated heterocycles. The molecule has 3 rings (SSSR count). The summed E-state index contributed by atoms with van der Waals surface area (Å²) in [5, 5.41) is 11.9. The van der Waals surface area contributed by atoms with Gasteiger partial charge in [0.2, 0.25) is 0 Å². The van der Waals surface area contributed by atoms with Crippen LogP contribution >= 0.6 is 23.5 Å². The van der Waals surface area contributed by atoms with E-state index in [2.05, 4.69) is 31.8 Å². The molecule has 0 spiro atoms. The van der Waals surface area contributed by atoms with Crippen molar-refractivity contribution in [2.75, 3.05) is 6.26 Å². The molecule has 0 aromatic heterocycles. The molecule has 2 N–H and O–H groups in total. The number of benzene rings is 1. The molecule has 2 aliphatic carbocycles. The molecule has 1 fully saturated rings. The van der Waals surface area contributed by atoms with Crippen molar-refractivity contribution in [2.24, 2.45) is 5.92 Å². The molecule has 32 heavy (non-hydrogen) atoms. The van der Waals surface area contributed by atoms with Crippen molar-refractivity contribution in [1.82, 2.24) is 5.32 Å². The van der Waals surface area contributed by atoms with E-state index in [4.69, 9.17) is 5.41 Å². The summed E-state index contributed by atoms with van der Waals surface area (Å²) in [4.78, 5) is 12.9. The third kappa shape index (κ3) is 6.52. The maximum absolute atomic E-state index is 11.7. The van der Waals surface area contributed by atoms with Gasteiger partial charge in [-0.25, -0.2) is 0 Å². The van der Waals surface area contributed by atoms with Crippen molar-refractivity contribution in [3.63, 3.8) is 0 Å². The summed E-state index contributed by atoms with van der Waals surface area (Å²) >= 11 is 3.34. The maximum Gasteiger partial charge on any atom is 0.159 e. The van der Waals surface area contributed by atoms with E-state index in [-0.39, 0.29) is 5.78 Å². The summed E-state index contributed by atoms with van der Waals surface area (Å²) in [5.41, 5.74) is 8.08. The molecule has 2 aliphatic rings. The SMILES string of the molecule is C=C(SC)SC1=C(C)C(C)CC(C(NCc2cccc(C(C)=O)c2)=C2CC2)=C1C=N.CC. The van der Waals surface area contributed by atoms with Crippen molar-refractivity contribution < 1.29 is 4.79 Å². The number of allylic oxidation sites excluding steroid dienone is 4. The molecular formula is C27H36N2OS2. The third-order valence-electron chi connectivity index (χ3n) is 5.72. The van der Waals surface area contributed by atoms with Crippen LogP contribution in [0.2, 0.25) is 0 Å². The van der Waals surface area contributed by atoms with Crippen LogP contribution in [-0.2, 0) is 6.54 Å². The van der Waals surface area contributed by atoms with Gasteiger partial charge < -0.3 is 10.7 Å². The summed E-state index contributed by atoms with van der Waals surface area (Å²) < 4.78 is 1.05. The zero-order valence-corrected chi connectivity index (χ0v) is 21.9. The number of nitrogens with one attached hydrogen (secondary N) is 2. The summed E-state index contributed by atoms with van der Waals surface area (Å²) in [6.45, 7) is 14.9. The molecule has 1 saturated carbocycles. The highest BCUT2D eigenvalue weighted by atomic mass is 32.2. The fourth-order valence-electron chi connectivity index (χ4n) is 3.67. The van der Waals surface area contributed by atoms with Crippen LogP contribution in [0.1, 0.15) is 69.8 Å². The van der Waals surface area contributed by atoms with Crippen LogP contribution in [0.3, 0.4) is 0 Å². The van der Waals surface area contributed by atoms with Gasteiger partial charge >= 0.3 is 0 Å². The van der Waals surface area contributed by atoms with E-state index < -0.39 is 0 Å². The summed E-state index contributed by atoms with van der Waals surface area (Å²) in [6.07, 6.45) is 6.72. The lowest BCUT2D eigenvalue weighted by atomic mass is 9.83. The molecule has 0 aliphatic heterocycles. The lowest BCUT2D eigenvalue weighted by Crippen LogP contribution is -2.21. The van der Waals surface area contributed by atoms with E-state index in [9.17, 15) is 4.79 Å². The number of rotatable bonds is 9. The highest BCUT2D eigenvalue weighted by Crippen LogP contribution is 2.47. The first-order valence-corrected chi connectivity index (χ1v) is 13.3. The van der Waals surface area contributed by atoms with Crippen molar-refractivity contribution in [1.29, 1.82) is 5.41 Å². The number of carbonyl (C=O) groups excluding carboxylic acids is 1. The normalized spacial score (nSPS) is 17.4. The van der Waals surface area contributed by atoms with E-state index in [0.717, 1.165) is 40.2 Å². The lowest BCUT2D eigenvalue weighted by Gasteiger charge is -2.29. The second-order valence-corrected chi connectivity index (χ2v) is 10.2. The Labute approximate surface area is 202 Å². The highest BCUT2D eigenvalue weighted by Gasteiger charge is 2.29. The molecule has 0 amide bonds. The van der Waals surface area contributed by atoms with E-state index >= 15 is 0 Å². The summed E-state index contributed by atoms with van der Waals surface area (Å²) in [7, 11) is 0. The van der Waals surface area contributed by atoms with Gasteiger partial charge in [0.15, 0.2) is 5.78 Å². The smallest absolute Gasteiger partial charge is 0.159 e. The fraction of sp³-hybridized carbons (Fsp3) is 0.407. The lowest BCUT2D eigenvalue weighted by molar-refractivity contribution is 0.101. The zero-order valence-electron chi connectivity index (χ0n) is 20.2. The molecule has 172 valence electrons. The van der Waals surface area contributed by atoms with Crippen molar-refractivity contribution in [2.45, 2.75) is 60.4 Å². The van der Waals surface area contributed by atoms with Crippen LogP contribution < -0.4 is 5.32 Å². The number of carbonyl (C=O) groups is 1. The van der Waals surface area contributed by atoms with Gasteiger partial charge in [-0.3, -0.25) is 4.79 Å². The quantitative estimate of drug-likeness (QED) is 0.286. The Hall–Kier alpha value is -1.98. The number of Topliss-reactive ketones (excluding diaryl/α,β-unsaturated/α-hetero) is 1. The first-order chi connectivity index (χ1) is 15.3. The van der Waals surface area contributed by atoms with Crippen LogP contribution in [0.25, 0.3) is 0 Å². The van der Waals surface area contributed by atoms with Gasteiger partial charge in [0.1, 0.15) is 0 Å². The largest absolute Gasteiger partial charge is 0.381 e. The average Bonchev–Trinajstić information content (AvgIpc) is 3.64. The maximum atomic E-state index is 11.7. The summed E-state index contributed by atoms with van der Waals surface area (Å²) in [6, 6.07) is 7.82. The van der Waals surface area contributed by atoms with Crippen LogP contribution in [0.15, 0.2) is 68.0 Å². The monoisotopic (exact) mass is 468 g/mol. The Morgan fingerprint density at radius 2 is 2.00 bits per heavy atom. The second kappa shape index (κ2) is 12.3. The van der Waals surface area contributed by atoms with Crippen LogP contribution in [0.4, 0.5) is 0 Å². The highest BCUT2D eigenvalue weighted by molar-refractivity contribution is 8.23. The first kappa shape index (κ1) is 26.3. The van der Waals surface area contributed by atoms with E-state index in [0.29, 0.717) is 12.5 Å². The van der Waals surface area contributed by atoms with E-state index in [1.54, 1.807) is 30.4 Å². The number of ketones is 1. The molecule has 0 heterocycles. The molecule has 1 unspecified atom stereocenters. The Morgan fingerprint density at radius 1 is 1.31 bits per heavy atom. The predicted molar refractivity (Wildman–Crippen MR) is 143 cm³/mol. The van der Waals surface area contributed by atoms with Gasteiger partial charge in [-0.1, -0.05) is 62.9 Å². The van der Waals surface area contributed by atoms with Crippen LogP contribution in [0, 0.1) is 11.3 Å². The summed E-state index contributed by atoms with van der Waals surface area (Å²) in [5.74, 6) is 0.516. The Balaban J connectivity index is 0.00000176. The van der Waals surface area contributed by atoms with Crippen molar-refractivity contribution >= 4 is 35.5 Å². The standard InChI is InChI=1S/C25H30N2OS2.C2H6/c1-15-11-22(23(13-26)25(16(15)2)30-18(4)29-5)24(20-9-10-20)27-14-19-7-6-8-21(12-19)17(3)28;1-2/h6-8,12-13,15,26-27H,4,9-11,14H2,1-3,5H3;1-2H3. The Kier molecular flexibility index (Phi) is 10.1. The van der Waals surface area contributed by atoms with E-state index in [1.807, 2.05) is 38.3 Å². The Morgan fingerprint density at radius 3 is 2.56 bits per heavy atom. The number of thioether (sulfide) groups is 2. The van der Waals surface area contributed by atoms with Crippen molar-refractivity contribution in [3.8, 4) is 0 Å². The molecule has 3 nitrogen and oxygen atoms in total. The topological polar surface area (TPSA) is 53.0 Å². The van der Waals surface area contributed by atoms with Gasteiger partial charge in [-0.05, 0) is 68.1 Å². The molecule has 5 heteroatoms. The predicted octanol–water partition coefficient (Wildman–Crippen LogP) is 7.88. The zero-order chi connectivity index (χ0) is 23.8. The molecule has 0 radical (unpaired) electrons. The minimum atomic E-state index is 0.0869. The fourth-order valence-corrected chi connectivity index (χ4v) is 5.14. The molecule has 1 aromatic rings. The van der Waals surface area contributed by atoms with Gasteiger partial charge in [0.25, 0.3) is 0 Å². The Bertz CT molecular complexity index is 979. The van der Waals surface area contributed by atoms with Gasteiger partial charge in [0, 0.05) is 38.7 Å². The van der Waals surface area contributed by atoms with Crippen LogP contribution in [0.5, 0.6) is 0 Å². The third-order valence-corrected chi connectivity index (χ3v) is 7.90. The average molecular weight is 469 g/mol.